The number of hydrogen-bond acceptors (Lipinski definition) is 3. The van der Waals surface area contributed by atoms with Crippen molar-refractivity contribution in [2.24, 2.45) is 5.92 Å². The Labute approximate surface area is 116 Å². The highest BCUT2D eigenvalue weighted by Gasteiger charge is 2.32. The third kappa shape index (κ3) is 4.81. The third-order valence-corrected chi connectivity index (χ3v) is 5.49. The number of carbonyl (C=O) groups excluding carboxylic acids is 1. The summed E-state index contributed by atoms with van der Waals surface area (Å²) < 4.78 is 0.379. The Bertz CT molecular complexity index is 263. The fourth-order valence-corrected chi connectivity index (χ4v) is 3.29. The van der Waals surface area contributed by atoms with Crippen LogP contribution >= 0.6 is 11.8 Å². The first-order chi connectivity index (χ1) is 8.49. The minimum atomic E-state index is 0.116. The molecule has 4 heteroatoms. The molecule has 0 saturated heterocycles. The lowest BCUT2D eigenvalue weighted by Gasteiger charge is -2.27. The van der Waals surface area contributed by atoms with Crippen molar-refractivity contribution in [2.75, 3.05) is 19.3 Å². The van der Waals surface area contributed by atoms with Gasteiger partial charge < -0.3 is 10.6 Å². The summed E-state index contributed by atoms with van der Waals surface area (Å²) in [6, 6.07) is 0.250. The van der Waals surface area contributed by atoms with E-state index in [0.717, 1.165) is 6.54 Å². The van der Waals surface area contributed by atoms with Crippen molar-refractivity contribution >= 4 is 17.7 Å². The molecule has 0 bridgehead atoms. The summed E-state index contributed by atoms with van der Waals surface area (Å²) in [5.41, 5.74) is 0. The Hall–Kier alpha value is -0.220. The van der Waals surface area contributed by atoms with E-state index >= 15 is 0 Å². The van der Waals surface area contributed by atoms with Crippen LogP contribution in [0.5, 0.6) is 0 Å². The highest BCUT2D eigenvalue weighted by molar-refractivity contribution is 8.00. The van der Waals surface area contributed by atoms with Gasteiger partial charge in [0.15, 0.2) is 0 Å². The molecular formula is C14H28N2OS. The van der Waals surface area contributed by atoms with E-state index in [1.54, 1.807) is 0 Å². The standard InChI is InChI=1S/C14H28N2OS/c1-11(2)12(3)16-13(17)9-15-10-14(18-4)7-5-6-8-14/h11-12,15H,5-10H2,1-4H3,(H,16,17). The Balaban J connectivity index is 2.22. The molecule has 18 heavy (non-hydrogen) atoms. The molecule has 1 rings (SSSR count). The molecule has 0 aromatic carbocycles. The van der Waals surface area contributed by atoms with Crippen molar-refractivity contribution < 1.29 is 4.79 Å². The van der Waals surface area contributed by atoms with Gasteiger partial charge in [-0.25, -0.2) is 0 Å². The number of hydrogen-bond donors (Lipinski definition) is 2. The van der Waals surface area contributed by atoms with E-state index in [1.807, 2.05) is 11.8 Å². The quantitative estimate of drug-likeness (QED) is 0.748. The van der Waals surface area contributed by atoms with Crippen LogP contribution in [0.2, 0.25) is 0 Å². The van der Waals surface area contributed by atoms with E-state index in [2.05, 4.69) is 37.7 Å². The largest absolute Gasteiger partial charge is 0.352 e. The van der Waals surface area contributed by atoms with Gasteiger partial charge in [-0.3, -0.25) is 4.79 Å². The van der Waals surface area contributed by atoms with Crippen LogP contribution in [0.3, 0.4) is 0 Å². The summed E-state index contributed by atoms with van der Waals surface area (Å²) in [6.45, 7) is 7.71. The van der Waals surface area contributed by atoms with Crippen LogP contribution in [0.4, 0.5) is 0 Å². The second kappa shape index (κ2) is 7.39. The Morgan fingerprint density at radius 1 is 1.28 bits per heavy atom. The van der Waals surface area contributed by atoms with Gasteiger partial charge in [0.25, 0.3) is 0 Å². The molecule has 106 valence electrons. The molecule has 0 aromatic heterocycles. The number of thioether (sulfide) groups is 1. The predicted molar refractivity (Wildman–Crippen MR) is 80.0 cm³/mol. The van der Waals surface area contributed by atoms with Gasteiger partial charge in [-0.15, -0.1) is 0 Å². The summed E-state index contributed by atoms with van der Waals surface area (Å²) in [4.78, 5) is 11.7. The SMILES string of the molecule is CSC1(CNCC(=O)NC(C)C(C)C)CCCC1. The highest BCUT2D eigenvalue weighted by atomic mass is 32.2. The normalized spacial score (nSPS) is 20.1. The lowest BCUT2D eigenvalue weighted by Crippen LogP contribution is -2.44. The molecule has 0 heterocycles. The van der Waals surface area contributed by atoms with Crippen LogP contribution in [0.15, 0.2) is 0 Å². The van der Waals surface area contributed by atoms with E-state index in [4.69, 9.17) is 0 Å². The Kier molecular flexibility index (Phi) is 6.50. The van der Waals surface area contributed by atoms with Crippen molar-refractivity contribution in [1.82, 2.24) is 10.6 Å². The summed E-state index contributed by atoms with van der Waals surface area (Å²) in [6.07, 6.45) is 7.42. The molecule has 0 spiro atoms. The summed E-state index contributed by atoms with van der Waals surface area (Å²) in [5, 5.41) is 6.36. The Morgan fingerprint density at radius 3 is 2.39 bits per heavy atom. The number of carbonyl (C=O) groups is 1. The smallest absolute Gasteiger partial charge is 0.234 e. The second-order valence-corrected chi connectivity index (χ2v) is 7.07. The topological polar surface area (TPSA) is 41.1 Å². The third-order valence-electron chi connectivity index (χ3n) is 4.07. The van der Waals surface area contributed by atoms with Crippen molar-refractivity contribution in [2.45, 2.75) is 57.2 Å². The molecule has 1 atom stereocenters. The van der Waals surface area contributed by atoms with Gasteiger partial charge in [0.2, 0.25) is 5.91 Å². The lowest BCUT2D eigenvalue weighted by molar-refractivity contribution is -0.121. The summed E-state index contributed by atoms with van der Waals surface area (Å²) in [5.74, 6) is 0.603. The second-order valence-electron chi connectivity index (χ2n) is 5.80. The van der Waals surface area contributed by atoms with Crippen LogP contribution in [0, 0.1) is 5.92 Å². The van der Waals surface area contributed by atoms with Gasteiger partial charge in [-0.2, -0.15) is 11.8 Å². The first-order valence-electron chi connectivity index (χ1n) is 7.04. The van der Waals surface area contributed by atoms with Crippen molar-refractivity contribution in [3.63, 3.8) is 0 Å². The van der Waals surface area contributed by atoms with Crippen LogP contribution in [-0.4, -0.2) is 36.0 Å². The monoisotopic (exact) mass is 272 g/mol. The molecule has 1 aliphatic rings. The van der Waals surface area contributed by atoms with Gasteiger partial charge in [0, 0.05) is 17.3 Å². The predicted octanol–water partition coefficient (Wildman–Crippen LogP) is 2.41. The molecule has 2 N–H and O–H groups in total. The van der Waals surface area contributed by atoms with E-state index < -0.39 is 0 Å². The number of nitrogens with one attached hydrogen (secondary N) is 2. The molecular weight excluding hydrogens is 244 g/mol. The molecule has 1 saturated carbocycles. The fourth-order valence-electron chi connectivity index (χ4n) is 2.35. The zero-order chi connectivity index (χ0) is 13.6. The zero-order valence-corrected chi connectivity index (χ0v) is 13.0. The molecule has 0 aliphatic heterocycles. The van der Waals surface area contributed by atoms with Crippen LogP contribution in [0.1, 0.15) is 46.5 Å². The van der Waals surface area contributed by atoms with Gasteiger partial charge in [0.1, 0.15) is 0 Å². The molecule has 1 amide bonds. The maximum Gasteiger partial charge on any atom is 0.234 e. The lowest BCUT2D eigenvalue weighted by atomic mass is 10.1. The van der Waals surface area contributed by atoms with Crippen LogP contribution in [-0.2, 0) is 4.79 Å². The molecule has 1 aliphatic carbocycles. The number of amides is 1. The van der Waals surface area contributed by atoms with Crippen molar-refractivity contribution in [3.05, 3.63) is 0 Å². The van der Waals surface area contributed by atoms with E-state index in [-0.39, 0.29) is 11.9 Å². The van der Waals surface area contributed by atoms with Gasteiger partial charge >= 0.3 is 0 Å². The Morgan fingerprint density at radius 2 is 1.89 bits per heavy atom. The average molecular weight is 272 g/mol. The minimum Gasteiger partial charge on any atom is -0.352 e. The highest BCUT2D eigenvalue weighted by Crippen LogP contribution is 2.39. The molecule has 3 nitrogen and oxygen atoms in total. The van der Waals surface area contributed by atoms with Gasteiger partial charge in [-0.05, 0) is 31.9 Å². The minimum absolute atomic E-state index is 0.116. The molecule has 0 aromatic rings. The van der Waals surface area contributed by atoms with Crippen molar-refractivity contribution in [3.8, 4) is 0 Å². The van der Waals surface area contributed by atoms with Crippen LogP contribution < -0.4 is 10.6 Å². The van der Waals surface area contributed by atoms with Crippen molar-refractivity contribution in [1.29, 1.82) is 0 Å². The molecule has 1 unspecified atom stereocenters. The van der Waals surface area contributed by atoms with Gasteiger partial charge in [0.05, 0.1) is 6.54 Å². The summed E-state index contributed by atoms with van der Waals surface area (Å²) >= 11 is 1.96. The first-order valence-corrected chi connectivity index (χ1v) is 8.27. The van der Waals surface area contributed by atoms with E-state index in [9.17, 15) is 4.79 Å². The van der Waals surface area contributed by atoms with Gasteiger partial charge in [-0.1, -0.05) is 26.7 Å². The van der Waals surface area contributed by atoms with E-state index in [1.165, 1.54) is 25.7 Å². The van der Waals surface area contributed by atoms with E-state index in [0.29, 0.717) is 17.2 Å². The molecule has 0 radical (unpaired) electrons. The van der Waals surface area contributed by atoms with Crippen LogP contribution in [0.25, 0.3) is 0 Å². The average Bonchev–Trinajstić information content (AvgIpc) is 2.78. The summed E-state index contributed by atoms with van der Waals surface area (Å²) in [7, 11) is 0. The first kappa shape index (κ1) is 15.8. The fraction of sp³-hybridized carbons (Fsp3) is 0.929. The zero-order valence-electron chi connectivity index (χ0n) is 12.2. The number of rotatable bonds is 7. The maximum absolute atomic E-state index is 11.7. The molecule has 1 fully saturated rings. The maximum atomic E-state index is 11.7.